The lowest BCUT2D eigenvalue weighted by Crippen LogP contribution is -2.33. The molecule has 19 heavy (non-hydrogen) atoms. The van der Waals surface area contributed by atoms with Gasteiger partial charge in [-0.1, -0.05) is 0 Å². The van der Waals surface area contributed by atoms with E-state index in [1.807, 2.05) is 0 Å². The van der Waals surface area contributed by atoms with Crippen LogP contribution in [0.25, 0.3) is 0 Å². The SMILES string of the molecule is C(CNCCCOC1CCNCC1)COCC1CC1. The molecule has 0 amide bonds. The molecule has 0 radical (unpaired) electrons. The molecule has 0 bridgehead atoms. The van der Waals surface area contributed by atoms with Crippen LogP contribution in [0.1, 0.15) is 38.5 Å². The zero-order valence-corrected chi connectivity index (χ0v) is 12.2. The van der Waals surface area contributed by atoms with Gasteiger partial charge >= 0.3 is 0 Å². The van der Waals surface area contributed by atoms with Crippen molar-refractivity contribution in [1.29, 1.82) is 0 Å². The fraction of sp³-hybridized carbons (Fsp3) is 1.00. The van der Waals surface area contributed by atoms with Crippen LogP contribution >= 0.6 is 0 Å². The lowest BCUT2D eigenvalue weighted by atomic mass is 10.1. The van der Waals surface area contributed by atoms with E-state index in [0.717, 1.165) is 64.8 Å². The van der Waals surface area contributed by atoms with Crippen molar-refractivity contribution >= 4 is 0 Å². The van der Waals surface area contributed by atoms with E-state index in [9.17, 15) is 0 Å². The summed E-state index contributed by atoms with van der Waals surface area (Å²) in [5.74, 6) is 0.889. The number of piperidine rings is 1. The van der Waals surface area contributed by atoms with Crippen molar-refractivity contribution in [2.45, 2.75) is 44.6 Å². The zero-order valence-electron chi connectivity index (χ0n) is 12.2. The summed E-state index contributed by atoms with van der Waals surface area (Å²) >= 11 is 0. The molecule has 0 unspecified atom stereocenters. The maximum absolute atomic E-state index is 5.86. The molecule has 2 fully saturated rings. The molecule has 4 heteroatoms. The summed E-state index contributed by atoms with van der Waals surface area (Å²) < 4.78 is 11.5. The highest BCUT2D eigenvalue weighted by molar-refractivity contribution is 4.71. The van der Waals surface area contributed by atoms with Gasteiger partial charge in [-0.25, -0.2) is 0 Å². The van der Waals surface area contributed by atoms with Crippen molar-refractivity contribution in [2.75, 3.05) is 46.0 Å². The molecule has 0 atom stereocenters. The van der Waals surface area contributed by atoms with E-state index in [1.165, 1.54) is 25.7 Å². The standard InChI is InChI=1S/C15H30N2O2/c1(11-18-13-14-3-4-14)7-16-8-2-12-19-15-5-9-17-10-6-15/h14-17H,1-13H2. The Morgan fingerprint density at radius 3 is 2.42 bits per heavy atom. The lowest BCUT2D eigenvalue weighted by Gasteiger charge is -2.22. The van der Waals surface area contributed by atoms with Gasteiger partial charge in [0.1, 0.15) is 0 Å². The van der Waals surface area contributed by atoms with E-state index < -0.39 is 0 Å². The minimum absolute atomic E-state index is 0.497. The third kappa shape index (κ3) is 7.88. The lowest BCUT2D eigenvalue weighted by molar-refractivity contribution is 0.0317. The molecule has 0 spiro atoms. The van der Waals surface area contributed by atoms with E-state index in [2.05, 4.69) is 10.6 Å². The molecule has 2 rings (SSSR count). The van der Waals surface area contributed by atoms with Gasteiger partial charge in [0.15, 0.2) is 0 Å². The topological polar surface area (TPSA) is 42.5 Å². The van der Waals surface area contributed by atoms with Crippen LogP contribution in [-0.2, 0) is 9.47 Å². The average molecular weight is 270 g/mol. The van der Waals surface area contributed by atoms with Gasteiger partial charge in [0.2, 0.25) is 0 Å². The van der Waals surface area contributed by atoms with Crippen LogP contribution in [0.3, 0.4) is 0 Å². The Morgan fingerprint density at radius 2 is 1.68 bits per heavy atom. The Hall–Kier alpha value is -0.160. The van der Waals surface area contributed by atoms with Gasteiger partial charge in [0.25, 0.3) is 0 Å². The van der Waals surface area contributed by atoms with Crippen LogP contribution in [0.15, 0.2) is 0 Å². The van der Waals surface area contributed by atoms with Crippen LogP contribution in [0.2, 0.25) is 0 Å². The molecule has 1 aliphatic heterocycles. The summed E-state index contributed by atoms with van der Waals surface area (Å²) in [6.07, 6.45) is 7.86. The first-order valence-electron chi connectivity index (χ1n) is 8.06. The van der Waals surface area contributed by atoms with Gasteiger partial charge < -0.3 is 20.1 Å². The molecule has 1 heterocycles. The van der Waals surface area contributed by atoms with Gasteiger partial charge in [-0.2, -0.15) is 0 Å². The van der Waals surface area contributed by atoms with Gasteiger partial charge in [0, 0.05) is 19.8 Å². The maximum atomic E-state index is 5.86. The summed E-state index contributed by atoms with van der Waals surface area (Å²) in [7, 11) is 0. The highest BCUT2D eigenvalue weighted by Gasteiger charge is 2.20. The normalized spacial score (nSPS) is 20.8. The fourth-order valence-electron chi connectivity index (χ4n) is 2.37. The van der Waals surface area contributed by atoms with E-state index in [0.29, 0.717) is 6.10 Å². The second-order valence-corrected chi connectivity index (χ2v) is 5.80. The number of rotatable bonds is 11. The fourth-order valence-corrected chi connectivity index (χ4v) is 2.37. The van der Waals surface area contributed by atoms with Gasteiger partial charge in [0.05, 0.1) is 6.10 Å². The predicted octanol–water partition coefficient (Wildman–Crippen LogP) is 1.55. The molecule has 1 saturated carbocycles. The molecule has 0 aromatic heterocycles. The van der Waals surface area contributed by atoms with Crippen molar-refractivity contribution < 1.29 is 9.47 Å². The quantitative estimate of drug-likeness (QED) is 0.559. The number of nitrogens with one attached hydrogen (secondary N) is 2. The molecule has 4 nitrogen and oxygen atoms in total. The Morgan fingerprint density at radius 1 is 0.947 bits per heavy atom. The zero-order chi connectivity index (χ0) is 13.2. The first kappa shape index (κ1) is 15.2. The van der Waals surface area contributed by atoms with Crippen molar-refractivity contribution in [2.24, 2.45) is 5.92 Å². The molecule has 0 aromatic carbocycles. The van der Waals surface area contributed by atoms with Crippen LogP contribution < -0.4 is 10.6 Å². The second kappa shape index (κ2) is 9.70. The van der Waals surface area contributed by atoms with Crippen LogP contribution in [0, 0.1) is 5.92 Å². The summed E-state index contributed by atoms with van der Waals surface area (Å²) in [5, 5.41) is 6.81. The van der Waals surface area contributed by atoms with Crippen LogP contribution in [0.4, 0.5) is 0 Å². The highest BCUT2D eigenvalue weighted by atomic mass is 16.5. The van der Waals surface area contributed by atoms with Crippen molar-refractivity contribution in [1.82, 2.24) is 10.6 Å². The summed E-state index contributed by atoms with van der Waals surface area (Å²) in [5.41, 5.74) is 0. The van der Waals surface area contributed by atoms with Crippen LogP contribution in [0.5, 0.6) is 0 Å². The third-order valence-corrected chi connectivity index (χ3v) is 3.83. The summed E-state index contributed by atoms with van der Waals surface area (Å²) in [4.78, 5) is 0. The van der Waals surface area contributed by atoms with Gasteiger partial charge in [-0.3, -0.25) is 0 Å². The van der Waals surface area contributed by atoms with Gasteiger partial charge in [-0.15, -0.1) is 0 Å². The van der Waals surface area contributed by atoms with E-state index in [-0.39, 0.29) is 0 Å². The Labute approximate surface area is 117 Å². The minimum atomic E-state index is 0.497. The maximum Gasteiger partial charge on any atom is 0.0599 e. The second-order valence-electron chi connectivity index (χ2n) is 5.80. The Bertz CT molecular complexity index is 216. The molecule has 1 aliphatic carbocycles. The average Bonchev–Trinajstić information content (AvgIpc) is 3.26. The Kier molecular flexibility index (Phi) is 7.78. The van der Waals surface area contributed by atoms with E-state index >= 15 is 0 Å². The van der Waals surface area contributed by atoms with E-state index in [1.54, 1.807) is 0 Å². The number of hydrogen-bond acceptors (Lipinski definition) is 4. The van der Waals surface area contributed by atoms with Crippen molar-refractivity contribution in [3.8, 4) is 0 Å². The van der Waals surface area contributed by atoms with Crippen molar-refractivity contribution in [3.05, 3.63) is 0 Å². The van der Waals surface area contributed by atoms with Crippen molar-refractivity contribution in [3.63, 3.8) is 0 Å². The molecule has 1 saturated heterocycles. The molecule has 0 aromatic rings. The first-order chi connectivity index (χ1) is 9.45. The smallest absolute Gasteiger partial charge is 0.0599 e. The molecule has 112 valence electrons. The molecular formula is C15H30N2O2. The third-order valence-electron chi connectivity index (χ3n) is 3.83. The largest absolute Gasteiger partial charge is 0.381 e. The first-order valence-corrected chi connectivity index (χ1v) is 8.06. The molecule has 2 aliphatic rings. The van der Waals surface area contributed by atoms with E-state index in [4.69, 9.17) is 9.47 Å². The highest BCUT2D eigenvalue weighted by Crippen LogP contribution is 2.28. The number of ether oxygens (including phenoxy) is 2. The monoisotopic (exact) mass is 270 g/mol. The summed E-state index contributed by atoms with van der Waals surface area (Å²) in [6, 6.07) is 0. The number of hydrogen-bond donors (Lipinski definition) is 2. The minimum Gasteiger partial charge on any atom is -0.381 e. The molecule has 2 N–H and O–H groups in total. The predicted molar refractivity (Wildman–Crippen MR) is 77.5 cm³/mol. The summed E-state index contributed by atoms with van der Waals surface area (Å²) in [6.45, 7) is 7.16. The Balaban J connectivity index is 1.26. The molecular weight excluding hydrogens is 240 g/mol. The van der Waals surface area contributed by atoms with Gasteiger partial charge in [-0.05, 0) is 70.6 Å². The van der Waals surface area contributed by atoms with Crippen LogP contribution in [-0.4, -0.2) is 52.1 Å².